The van der Waals surface area contributed by atoms with Crippen LogP contribution in [-0.2, 0) is 19.2 Å². The van der Waals surface area contributed by atoms with Gasteiger partial charge >= 0.3 is 17.8 Å². The van der Waals surface area contributed by atoms with Crippen LogP contribution in [0.2, 0.25) is 0 Å². The van der Waals surface area contributed by atoms with Crippen LogP contribution in [0.15, 0.2) is 24.3 Å². The molecule has 0 unspecified atom stereocenters. The van der Waals surface area contributed by atoms with Gasteiger partial charge in [-0.15, -0.1) is 0 Å². The molecule has 0 spiro atoms. The van der Waals surface area contributed by atoms with E-state index < -0.39 is 42.2 Å². The second kappa shape index (κ2) is 7.98. The van der Waals surface area contributed by atoms with Gasteiger partial charge < -0.3 is 10.2 Å². The number of imide groups is 2. The van der Waals surface area contributed by atoms with Crippen molar-refractivity contribution in [3.05, 3.63) is 29.8 Å². The lowest BCUT2D eigenvalue weighted by Gasteiger charge is -2.21. The van der Waals surface area contributed by atoms with E-state index in [9.17, 15) is 24.0 Å². The average Bonchev–Trinajstić information content (AvgIpc) is 2.80. The van der Waals surface area contributed by atoms with Gasteiger partial charge in [-0.1, -0.05) is 17.7 Å². The highest BCUT2D eigenvalue weighted by Crippen LogP contribution is 2.15. The molecule has 0 saturated carbocycles. The number of nitrogens with one attached hydrogen (secondary N) is 1. The maximum absolute atomic E-state index is 12.3. The topological polar surface area (TPSA) is 107 Å². The minimum absolute atomic E-state index is 0.259. The van der Waals surface area contributed by atoms with Crippen molar-refractivity contribution in [2.24, 2.45) is 0 Å². The Morgan fingerprint density at radius 1 is 1.07 bits per heavy atom. The van der Waals surface area contributed by atoms with E-state index in [2.05, 4.69) is 5.32 Å². The fourth-order valence-electron chi connectivity index (χ4n) is 2.51. The van der Waals surface area contributed by atoms with Crippen LogP contribution in [0, 0.1) is 6.92 Å². The van der Waals surface area contributed by atoms with Crippen LogP contribution in [0.3, 0.4) is 0 Å². The maximum Gasteiger partial charge on any atom is 0.334 e. The van der Waals surface area contributed by atoms with Crippen molar-refractivity contribution in [1.82, 2.24) is 14.7 Å². The molecule has 0 aromatic heterocycles. The van der Waals surface area contributed by atoms with E-state index >= 15 is 0 Å². The molecule has 144 valence electrons. The SMILES string of the molecule is Cc1ccc(NC(=O)CN(C)C(=O)CN2C(=O)C(=O)N(C(C)C)C2=O)cc1. The van der Waals surface area contributed by atoms with E-state index in [1.807, 2.05) is 19.1 Å². The fraction of sp³-hybridized carbons (Fsp3) is 0.389. The normalized spacial score (nSPS) is 14.2. The van der Waals surface area contributed by atoms with Gasteiger partial charge in [-0.25, -0.2) is 9.69 Å². The van der Waals surface area contributed by atoms with Gasteiger partial charge in [0.1, 0.15) is 6.54 Å². The maximum atomic E-state index is 12.3. The number of amides is 6. The van der Waals surface area contributed by atoms with Crippen molar-refractivity contribution in [2.45, 2.75) is 26.8 Å². The Morgan fingerprint density at radius 2 is 1.67 bits per heavy atom. The van der Waals surface area contributed by atoms with Gasteiger partial charge in [-0.05, 0) is 32.9 Å². The molecular weight excluding hydrogens is 352 g/mol. The number of likely N-dealkylation sites (N-methyl/N-ethyl adjacent to an activating group) is 1. The fourth-order valence-corrected chi connectivity index (χ4v) is 2.51. The third kappa shape index (κ3) is 4.49. The molecule has 0 radical (unpaired) electrons. The zero-order valence-corrected chi connectivity index (χ0v) is 15.7. The lowest BCUT2D eigenvalue weighted by atomic mass is 10.2. The quantitative estimate of drug-likeness (QED) is 0.579. The van der Waals surface area contributed by atoms with E-state index in [-0.39, 0.29) is 6.54 Å². The summed E-state index contributed by atoms with van der Waals surface area (Å²) in [6.07, 6.45) is 0. The molecule has 1 aliphatic rings. The minimum Gasteiger partial charge on any atom is -0.335 e. The van der Waals surface area contributed by atoms with Crippen molar-refractivity contribution in [1.29, 1.82) is 0 Å². The second-order valence-electron chi connectivity index (χ2n) is 6.61. The molecule has 1 aliphatic heterocycles. The van der Waals surface area contributed by atoms with Crippen molar-refractivity contribution < 1.29 is 24.0 Å². The number of aryl methyl sites for hydroxylation is 1. The molecule has 1 N–H and O–H groups in total. The lowest BCUT2D eigenvalue weighted by molar-refractivity contribution is -0.145. The summed E-state index contributed by atoms with van der Waals surface area (Å²) in [5.74, 6) is -3.05. The van der Waals surface area contributed by atoms with Gasteiger partial charge in [0.25, 0.3) is 0 Å². The Hall–Kier alpha value is -3.23. The first-order valence-electron chi connectivity index (χ1n) is 8.41. The second-order valence-corrected chi connectivity index (χ2v) is 6.61. The molecule has 1 heterocycles. The molecule has 1 aromatic carbocycles. The summed E-state index contributed by atoms with van der Waals surface area (Å²) in [7, 11) is 1.38. The Morgan fingerprint density at radius 3 is 2.19 bits per heavy atom. The van der Waals surface area contributed by atoms with Gasteiger partial charge in [0.2, 0.25) is 11.8 Å². The summed E-state index contributed by atoms with van der Waals surface area (Å²) >= 11 is 0. The average molecular weight is 374 g/mol. The smallest absolute Gasteiger partial charge is 0.334 e. The number of hydrogen-bond donors (Lipinski definition) is 1. The molecule has 1 saturated heterocycles. The molecule has 0 atom stereocenters. The summed E-state index contributed by atoms with van der Waals surface area (Å²) in [4.78, 5) is 62.8. The molecule has 9 heteroatoms. The highest BCUT2D eigenvalue weighted by molar-refractivity contribution is 6.45. The van der Waals surface area contributed by atoms with Crippen molar-refractivity contribution in [3.63, 3.8) is 0 Å². The molecule has 6 amide bonds. The molecule has 9 nitrogen and oxygen atoms in total. The monoisotopic (exact) mass is 374 g/mol. The number of benzene rings is 1. The van der Waals surface area contributed by atoms with Crippen LogP contribution in [0.4, 0.5) is 10.5 Å². The molecule has 27 heavy (non-hydrogen) atoms. The van der Waals surface area contributed by atoms with Crippen LogP contribution in [0.5, 0.6) is 0 Å². The number of urea groups is 1. The third-order valence-corrected chi connectivity index (χ3v) is 4.04. The first-order valence-corrected chi connectivity index (χ1v) is 8.41. The first-order chi connectivity index (χ1) is 12.6. The number of carbonyl (C=O) groups excluding carboxylic acids is 5. The lowest BCUT2D eigenvalue weighted by Crippen LogP contribution is -2.44. The van der Waals surface area contributed by atoms with Gasteiger partial charge in [0.05, 0.1) is 6.54 Å². The van der Waals surface area contributed by atoms with Gasteiger partial charge in [0, 0.05) is 18.8 Å². The number of anilines is 1. The molecular formula is C18H22N4O5. The van der Waals surface area contributed by atoms with Gasteiger partial charge in [-0.2, -0.15) is 0 Å². The van der Waals surface area contributed by atoms with Crippen LogP contribution >= 0.6 is 0 Å². The van der Waals surface area contributed by atoms with Crippen molar-refractivity contribution >= 4 is 35.3 Å². The summed E-state index contributed by atoms with van der Waals surface area (Å²) in [6.45, 7) is 4.25. The number of rotatable bonds is 6. The Kier molecular flexibility index (Phi) is 5.94. The molecule has 1 aromatic rings. The van der Waals surface area contributed by atoms with Gasteiger partial charge in [-0.3, -0.25) is 24.1 Å². The minimum atomic E-state index is -1.04. The van der Waals surface area contributed by atoms with Crippen molar-refractivity contribution in [3.8, 4) is 0 Å². The Bertz CT molecular complexity index is 787. The number of nitrogens with zero attached hydrogens (tertiary/aromatic N) is 3. The Labute approximate surface area is 156 Å². The predicted molar refractivity (Wildman–Crippen MR) is 96.5 cm³/mol. The standard InChI is InChI=1S/C18H22N4O5/c1-11(2)22-17(26)16(25)21(18(22)27)10-15(24)20(4)9-14(23)19-13-7-5-12(3)6-8-13/h5-8,11H,9-10H2,1-4H3,(H,19,23). The Balaban J connectivity index is 1.94. The molecule has 1 fully saturated rings. The summed E-state index contributed by atoms with van der Waals surface area (Å²) in [5, 5.41) is 2.65. The number of carbonyl (C=O) groups is 5. The zero-order valence-electron chi connectivity index (χ0n) is 15.7. The van der Waals surface area contributed by atoms with Crippen LogP contribution in [0.25, 0.3) is 0 Å². The van der Waals surface area contributed by atoms with Crippen LogP contribution in [0.1, 0.15) is 19.4 Å². The van der Waals surface area contributed by atoms with E-state index in [1.165, 1.54) is 7.05 Å². The van der Waals surface area contributed by atoms with Gasteiger partial charge in [0.15, 0.2) is 0 Å². The largest absolute Gasteiger partial charge is 0.335 e. The van der Waals surface area contributed by atoms with E-state index in [1.54, 1.807) is 26.0 Å². The number of hydrogen-bond acceptors (Lipinski definition) is 5. The van der Waals surface area contributed by atoms with Crippen LogP contribution in [-0.4, -0.2) is 70.5 Å². The van der Waals surface area contributed by atoms with E-state index in [0.717, 1.165) is 15.4 Å². The highest BCUT2D eigenvalue weighted by Gasteiger charge is 2.46. The molecule has 0 aliphatic carbocycles. The summed E-state index contributed by atoms with van der Waals surface area (Å²) in [5.41, 5.74) is 1.64. The summed E-state index contributed by atoms with van der Waals surface area (Å²) < 4.78 is 0. The van der Waals surface area contributed by atoms with Crippen molar-refractivity contribution in [2.75, 3.05) is 25.5 Å². The van der Waals surface area contributed by atoms with E-state index in [0.29, 0.717) is 10.6 Å². The first kappa shape index (κ1) is 20.1. The third-order valence-electron chi connectivity index (χ3n) is 4.04. The zero-order chi connectivity index (χ0) is 20.3. The van der Waals surface area contributed by atoms with Crippen LogP contribution < -0.4 is 5.32 Å². The molecule has 0 bridgehead atoms. The highest BCUT2D eigenvalue weighted by atomic mass is 16.2. The predicted octanol–water partition coefficient (Wildman–Crippen LogP) is 0.591. The van der Waals surface area contributed by atoms with E-state index in [4.69, 9.17) is 0 Å². The summed E-state index contributed by atoms with van der Waals surface area (Å²) in [6, 6.07) is 5.84. The molecule has 2 rings (SSSR count).